The minimum Gasteiger partial charge on any atom is -0.397 e. The second-order valence-corrected chi connectivity index (χ2v) is 6.34. The van der Waals surface area contributed by atoms with Crippen LogP contribution in [0.5, 0.6) is 0 Å². The molecule has 5 nitrogen and oxygen atoms in total. The van der Waals surface area contributed by atoms with Gasteiger partial charge in [-0.05, 0) is 47.6 Å². The number of carbonyl (C=O) groups is 1. The van der Waals surface area contributed by atoms with Gasteiger partial charge in [-0.1, -0.05) is 0 Å². The van der Waals surface area contributed by atoms with Crippen LogP contribution in [0.2, 0.25) is 0 Å². The maximum atomic E-state index is 12.3. The van der Waals surface area contributed by atoms with Crippen molar-refractivity contribution >= 4 is 11.6 Å². The van der Waals surface area contributed by atoms with E-state index in [1.807, 2.05) is 24.6 Å². The molecule has 120 valence electrons. The third-order valence-corrected chi connectivity index (χ3v) is 3.64. The Bertz CT molecular complexity index is 455. The summed E-state index contributed by atoms with van der Waals surface area (Å²) in [6, 6.07) is 2.89. The quantitative estimate of drug-likeness (QED) is 0.812. The Balaban J connectivity index is 2.62. The highest BCUT2D eigenvalue weighted by Crippen LogP contribution is 2.16. The maximum Gasteiger partial charge on any atom is 0.268 e. The first-order valence-electron chi connectivity index (χ1n) is 7.75. The second-order valence-electron chi connectivity index (χ2n) is 6.34. The Morgan fingerprint density at radius 2 is 1.81 bits per heavy atom. The van der Waals surface area contributed by atoms with Gasteiger partial charge < -0.3 is 15.6 Å². The van der Waals surface area contributed by atoms with Crippen LogP contribution in [-0.2, 0) is 0 Å². The number of hydrogen-bond donors (Lipinski definition) is 2. The number of hydrogen-bond acceptors (Lipinski definition) is 3. The smallest absolute Gasteiger partial charge is 0.268 e. The fourth-order valence-electron chi connectivity index (χ4n) is 2.61. The molecule has 0 unspecified atom stereocenters. The van der Waals surface area contributed by atoms with Crippen molar-refractivity contribution in [3.63, 3.8) is 0 Å². The molecule has 0 fully saturated rings. The lowest BCUT2D eigenvalue weighted by Gasteiger charge is -2.30. The van der Waals surface area contributed by atoms with Crippen LogP contribution in [0.4, 0.5) is 5.69 Å². The van der Waals surface area contributed by atoms with E-state index in [0.29, 0.717) is 30.0 Å². The van der Waals surface area contributed by atoms with Crippen molar-refractivity contribution in [2.75, 3.05) is 18.8 Å². The molecule has 1 heterocycles. The van der Waals surface area contributed by atoms with Crippen LogP contribution in [0.1, 0.15) is 58.1 Å². The lowest BCUT2D eigenvalue weighted by molar-refractivity contribution is 0.0928. The van der Waals surface area contributed by atoms with Crippen LogP contribution >= 0.6 is 0 Å². The normalized spacial score (nSPS) is 11.9. The molecule has 1 aromatic heterocycles. The molecule has 0 saturated carbocycles. The first kappa shape index (κ1) is 17.6. The van der Waals surface area contributed by atoms with E-state index in [9.17, 15) is 4.79 Å². The van der Waals surface area contributed by atoms with Crippen molar-refractivity contribution in [2.45, 2.75) is 59.7 Å². The summed E-state index contributed by atoms with van der Waals surface area (Å²) in [6.45, 7) is 14.3. The molecule has 0 aromatic carbocycles. The summed E-state index contributed by atoms with van der Waals surface area (Å²) in [4.78, 5) is 14.7. The largest absolute Gasteiger partial charge is 0.397 e. The van der Waals surface area contributed by atoms with Crippen LogP contribution in [0.25, 0.3) is 0 Å². The second kappa shape index (κ2) is 7.50. The minimum atomic E-state index is -0.0622. The third-order valence-electron chi connectivity index (χ3n) is 3.64. The van der Waals surface area contributed by atoms with Gasteiger partial charge in [0.1, 0.15) is 5.69 Å². The summed E-state index contributed by atoms with van der Waals surface area (Å²) in [5.41, 5.74) is 7.06. The summed E-state index contributed by atoms with van der Waals surface area (Å²) >= 11 is 0. The molecule has 21 heavy (non-hydrogen) atoms. The predicted molar refractivity (Wildman–Crippen MR) is 88.5 cm³/mol. The van der Waals surface area contributed by atoms with Gasteiger partial charge in [0.05, 0.1) is 5.69 Å². The van der Waals surface area contributed by atoms with Gasteiger partial charge >= 0.3 is 0 Å². The van der Waals surface area contributed by atoms with Gasteiger partial charge in [-0.25, -0.2) is 0 Å². The Kier molecular flexibility index (Phi) is 6.27. The van der Waals surface area contributed by atoms with Crippen molar-refractivity contribution in [1.29, 1.82) is 0 Å². The van der Waals surface area contributed by atoms with E-state index in [1.54, 1.807) is 6.07 Å². The molecule has 0 bridgehead atoms. The van der Waals surface area contributed by atoms with E-state index in [2.05, 4.69) is 37.9 Å². The third kappa shape index (κ3) is 4.77. The lowest BCUT2D eigenvalue weighted by atomic mass is 10.2. The van der Waals surface area contributed by atoms with Crippen LogP contribution in [0.15, 0.2) is 12.3 Å². The molecule has 5 heteroatoms. The van der Waals surface area contributed by atoms with Crippen molar-refractivity contribution in [3.8, 4) is 0 Å². The van der Waals surface area contributed by atoms with E-state index in [4.69, 9.17) is 5.73 Å². The summed E-state index contributed by atoms with van der Waals surface area (Å²) in [5.74, 6) is -0.0622. The highest BCUT2D eigenvalue weighted by atomic mass is 16.1. The van der Waals surface area contributed by atoms with E-state index in [1.165, 1.54) is 0 Å². The molecule has 0 radical (unpaired) electrons. The van der Waals surface area contributed by atoms with Crippen LogP contribution in [0, 0.1) is 0 Å². The Labute approximate surface area is 128 Å². The van der Waals surface area contributed by atoms with E-state index in [0.717, 1.165) is 6.54 Å². The fraction of sp³-hybridized carbons (Fsp3) is 0.688. The zero-order valence-corrected chi connectivity index (χ0v) is 14.2. The van der Waals surface area contributed by atoms with Crippen molar-refractivity contribution in [2.24, 2.45) is 0 Å². The number of rotatable bonds is 7. The first-order valence-corrected chi connectivity index (χ1v) is 7.75. The average molecular weight is 294 g/mol. The molecule has 1 rings (SSSR count). The number of amides is 1. The summed E-state index contributed by atoms with van der Waals surface area (Å²) in [7, 11) is 0. The van der Waals surface area contributed by atoms with Gasteiger partial charge in [-0.3, -0.25) is 9.69 Å². The first-order chi connectivity index (χ1) is 9.73. The molecule has 3 N–H and O–H groups in total. The van der Waals surface area contributed by atoms with Gasteiger partial charge in [0.2, 0.25) is 0 Å². The molecule has 0 atom stereocenters. The number of nitrogens with one attached hydrogen (secondary N) is 1. The molecule has 0 spiro atoms. The Morgan fingerprint density at radius 3 is 2.29 bits per heavy atom. The predicted octanol–water partition coefficient (Wildman–Crippen LogP) is 2.50. The molecule has 0 aliphatic heterocycles. The summed E-state index contributed by atoms with van der Waals surface area (Å²) < 4.78 is 1.91. The number of anilines is 1. The topological polar surface area (TPSA) is 63.3 Å². The SMILES string of the molecule is CC(C)N(CCNC(=O)c1cc(N)cn1C(C)C)C(C)C. The minimum absolute atomic E-state index is 0.0622. The highest BCUT2D eigenvalue weighted by Gasteiger charge is 2.16. The van der Waals surface area contributed by atoms with Gasteiger partial charge in [-0.2, -0.15) is 0 Å². The number of aromatic nitrogens is 1. The average Bonchev–Trinajstić information content (AvgIpc) is 2.75. The summed E-state index contributed by atoms with van der Waals surface area (Å²) in [5, 5.41) is 2.99. The van der Waals surface area contributed by atoms with Crippen molar-refractivity contribution < 1.29 is 4.79 Å². The van der Waals surface area contributed by atoms with Gasteiger partial charge in [-0.15, -0.1) is 0 Å². The zero-order valence-electron chi connectivity index (χ0n) is 14.2. The molecule has 0 aliphatic rings. The lowest BCUT2D eigenvalue weighted by Crippen LogP contribution is -2.42. The van der Waals surface area contributed by atoms with E-state index >= 15 is 0 Å². The molecule has 1 aromatic rings. The molecular weight excluding hydrogens is 264 g/mol. The van der Waals surface area contributed by atoms with Crippen molar-refractivity contribution in [1.82, 2.24) is 14.8 Å². The van der Waals surface area contributed by atoms with Gasteiger partial charge in [0.25, 0.3) is 5.91 Å². The van der Waals surface area contributed by atoms with Gasteiger partial charge in [0, 0.05) is 37.4 Å². The summed E-state index contributed by atoms with van der Waals surface area (Å²) in [6.07, 6.45) is 1.81. The number of nitrogens with zero attached hydrogens (tertiary/aromatic N) is 2. The number of carbonyl (C=O) groups excluding carboxylic acids is 1. The van der Waals surface area contributed by atoms with E-state index < -0.39 is 0 Å². The van der Waals surface area contributed by atoms with Crippen molar-refractivity contribution in [3.05, 3.63) is 18.0 Å². The van der Waals surface area contributed by atoms with Crippen LogP contribution < -0.4 is 11.1 Å². The molecule has 0 saturated heterocycles. The van der Waals surface area contributed by atoms with E-state index in [-0.39, 0.29) is 11.9 Å². The number of nitrogens with two attached hydrogens (primary N) is 1. The van der Waals surface area contributed by atoms with Crippen LogP contribution in [-0.4, -0.2) is 40.5 Å². The number of nitrogen functional groups attached to an aromatic ring is 1. The standard InChI is InChI=1S/C16H30N4O/c1-11(2)19(12(3)4)8-7-18-16(21)15-9-14(17)10-20(15)13(5)6/h9-13H,7-8,17H2,1-6H3,(H,18,21). The van der Waals surface area contributed by atoms with Crippen LogP contribution in [0.3, 0.4) is 0 Å². The molecular formula is C16H30N4O. The zero-order chi connectivity index (χ0) is 16.2. The van der Waals surface area contributed by atoms with Gasteiger partial charge in [0.15, 0.2) is 0 Å². The molecule has 0 aliphatic carbocycles. The highest BCUT2D eigenvalue weighted by molar-refractivity contribution is 5.93. The maximum absolute atomic E-state index is 12.3. The Morgan fingerprint density at radius 1 is 1.24 bits per heavy atom. The molecule has 1 amide bonds. The Hall–Kier alpha value is -1.49. The monoisotopic (exact) mass is 294 g/mol. The fourth-order valence-corrected chi connectivity index (χ4v) is 2.61.